The van der Waals surface area contributed by atoms with E-state index >= 15 is 0 Å². The molecule has 1 aromatic carbocycles. The smallest absolute Gasteiger partial charge is 0.352 e. The van der Waals surface area contributed by atoms with Gasteiger partial charge in [0.2, 0.25) is 5.91 Å². The number of carbonyl (C=O) groups is 2. The molecule has 0 saturated carbocycles. The third kappa shape index (κ3) is 3.67. The van der Waals surface area contributed by atoms with E-state index in [0.29, 0.717) is 6.54 Å². The minimum atomic E-state index is -4.57. The lowest BCUT2D eigenvalue weighted by atomic mass is 10.2. The lowest BCUT2D eigenvalue weighted by molar-refractivity contribution is -0.143. The number of fused-ring (bicyclic) bond motifs is 1. The van der Waals surface area contributed by atoms with E-state index in [1.54, 1.807) is 4.90 Å². The van der Waals surface area contributed by atoms with Gasteiger partial charge in [-0.05, 0) is 25.1 Å². The number of nitrogens with one attached hydrogen (secondary N) is 1. The summed E-state index contributed by atoms with van der Waals surface area (Å²) in [5.74, 6) is -0.235. The zero-order chi connectivity index (χ0) is 18.4. The molecule has 1 N–H and O–H groups in total. The molecule has 2 atom stereocenters. The van der Waals surface area contributed by atoms with Crippen molar-refractivity contribution in [2.45, 2.75) is 25.4 Å². The summed E-state index contributed by atoms with van der Waals surface area (Å²) >= 11 is 5.63. The van der Waals surface area contributed by atoms with Gasteiger partial charge in [-0.1, -0.05) is 11.6 Å². The van der Waals surface area contributed by atoms with Crippen LogP contribution in [0.5, 0.6) is 0 Å². The van der Waals surface area contributed by atoms with Crippen molar-refractivity contribution in [3.8, 4) is 0 Å². The predicted molar refractivity (Wildman–Crippen MR) is 83.1 cm³/mol. The molecule has 0 radical (unpaired) electrons. The van der Waals surface area contributed by atoms with E-state index in [9.17, 15) is 22.8 Å². The fraction of sp³-hybridized carbons (Fsp3) is 0.467. The maximum atomic E-state index is 12.7. The number of ether oxygens (including phenoxy) is 1. The highest BCUT2D eigenvalue weighted by Crippen LogP contribution is 2.36. The van der Waals surface area contributed by atoms with E-state index in [1.165, 1.54) is 4.90 Å². The van der Waals surface area contributed by atoms with Gasteiger partial charge in [-0.25, -0.2) is 4.79 Å². The van der Waals surface area contributed by atoms with Crippen molar-refractivity contribution in [3.63, 3.8) is 0 Å². The molecule has 6 nitrogen and oxygen atoms in total. The van der Waals surface area contributed by atoms with Crippen LogP contribution >= 0.6 is 11.6 Å². The van der Waals surface area contributed by atoms with Crippen LogP contribution in [-0.4, -0.2) is 53.7 Å². The first-order valence-electron chi connectivity index (χ1n) is 7.53. The molecule has 2 unspecified atom stereocenters. The van der Waals surface area contributed by atoms with Gasteiger partial charge < -0.3 is 19.9 Å². The summed E-state index contributed by atoms with van der Waals surface area (Å²) in [6.45, 7) is 2.39. The zero-order valence-corrected chi connectivity index (χ0v) is 13.9. The van der Waals surface area contributed by atoms with Gasteiger partial charge in [0.1, 0.15) is 6.54 Å². The molecule has 1 aromatic rings. The van der Waals surface area contributed by atoms with Crippen molar-refractivity contribution in [2.75, 3.05) is 25.0 Å². The molecule has 2 fully saturated rings. The lowest BCUT2D eigenvalue weighted by Crippen LogP contribution is -2.56. The summed E-state index contributed by atoms with van der Waals surface area (Å²) in [7, 11) is 0. The van der Waals surface area contributed by atoms with Crippen molar-refractivity contribution < 1.29 is 27.5 Å². The molecule has 0 spiro atoms. The Balaban J connectivity index is 1.68. The van der Waals surface area contributed by atoms with Crippen molar-refractivity contribution in [1.82, 2.24) is 9.80 Å². The molecule has 2 aliphatic rings. The van der Waals surface area contributed by atoms with Crippen molar-refractivity contribution >= 4 is 29.2 Å². The minimum Gasteiger partial charge on any atom is -0.352 e. The minimum absolute atomic E-state index is 0.106. The first-order chi connectivity index (χ1) is 11.6. The monoisotopic (exact) mass is 377 g/mol. The molecule has 2 aliphatic heterocycles. The standard InChI is InChI=1S/C15H15ClF3N3O3/c1-8-5-22-12(23)6-21(7-13(22)25-8)14(24)20-9-2-3-10(11(16)4-9)15(17,18)19/h2-4,8,13H,5-7H2,1H3,(H,20,24). The SMILES string of the molecule is CC1CN2C(=O)CN(C(=O)Nc3ccc(C(F)(F)F)c(Cl)c3)CC2O1. The van der Waals surface area contributed by atoms with Gasteiger partial charge in [-0.3, -0.25) is 4.79 Å². The second-order valence-electron chi connectivity index (χ2n) is 5.95. The zero-order valence-electron chi connectivity index (χ0n) is 13.1. The number of piperazine rings is 1. The second kappa shape index (κ2) is 6.38. The number of carbonyl (C=O) groups excluding carboxylic acids is 2. The van der Waals surface area contributed by atoms with Gasteiger partial charge in [0.25, 0.3) is 0 Å². The molecule has 2 heterocycles. The predicted octanol–water partition coefficient (Wildman–Crippen LogP) is 2.78. The Hall–Kier alpha value is -2.00. The van der Waals surface area contributed by atoms with Crippen LogP contribution in [0.25, 0.3) is 0 Å². The number of hydrogen-bond acceptors (Lipinski definition) is 3. The Morgan fingerprint density at radius 1 is 1.36 bits per heavy atom. The number of benzene rings is 1. The summed E-state index contributed by atoms with van der Waals surface area (Å²) in [6.07, 6.45) is -5.18. The van der Waals surface area contributed by atoms with Gasteiger partial charge in [-0.15, -0.1) is 0 Å². The molecule has 0 aromatic heterocycles. The quantitative estimate of drug-likeness (QED) is 0.818. The average Bonchev–Trinajstić information content (AvgIpc) is 2.87. The highest BCUT2D eigenvalue weighted by molar-refractivity contribution is 6.31. The van der Waals surface area contributed by atoms with Crippen LogP contribution < -0.4 is 5.32 Å². The number of nitrogens with zero attached hydrogens (tertiary/aromatic N) is 2. The van der Waals surface area contributed by atoms with Crippen LogP contribution in [-0.2, 0) is 15.7 Å². The van der Waals surface area contributed by atoms with Gasteiger partial charge in [0.05, 0.1) is 23.2 Å². The van der Waals surface area contributed by atoms with E-state index in [-0.39, 0.29) is 30.8 Å². The van der Waals surface area contributed by atoms with Crippen LogP contribution in [0.15, 0.2) is 18.2 Å². The molecule has 0 aliphatic carbocycles. The summed E-state index contributed by atoms with van der Waals surface area (Å²) in [5.41, 5.74) is -0.872. The molecule has 2 saturated heterocycles. The molecule has 25 heavy (non-hydrogen) atoms. The fourth-order valence-electron chi connectivity index (χ4n) is 2.87. The van der Waals surface area contributed by atoms with Crippen molar-refractivity contribution in [2.24, 2.45) is 0 Å². The first kappa shape index (κ1) is 17.8. The van der Waals surface area contributed by atoms with Gasteiger partial charge in [0, 0.05) is 12.2 Å². The van der Waals surface area contributed by atoms with E-state index in [0.717, 1.165) is 18.2 Å². The summed E-state index contributed by atoms with van der Waals surface area (Å²) in [5, 5.41) is 1.94. The lowest BCUT2D eigenvalue weighted by Gasteiger charge is -2.35. The van der Waals surface area contributed by atoms with Crippen LogP contribution in [0.3, 0.4) is 0 Å². The second-order valence-corrected chi connectivity index (χ2v) is 6.36. The van der Waals surface area contributed by atoms with Crippen molar-refractivity contribution in [1.29, 1.82) is 0 Å². The molecule has 10 heteroatoms. The van der Waals surface area contributed by atoms with E-state index < -0.39 is 29.0 Å². The van der Waals surface area contributed by atoms with E-state index in [2.05, 4.69) is 5.32 Å². The summed E-state index contributed by atoms with van der Waals surface area (Å²) in [4.78, 5) is 27.2. The molecular formula is C15H15ClF3N3O3. The molecule has 0 bridgehead atoms. The number of alkyl halides is 3. The normalized spacial score (nSPS) is 23.6. The largest absolute Gasteiger partial charge is 0.417 e. The number of anilines is 1. The summed E-state index contributed by atoms with van der Waals surface area (Å²) in [6, 6.07) is 2.32. The summed E-state index contributed by atoms with van der Waals surface area (Å²) < 4.78 is 43.7. The number of hydrogen-bond donors (Lipinski definition) is 1. The highest BCUT2D eigenvalue weighted by atomic mass is 35.5. The topological polar surface area (TPSA) is 61.9 Å². The molecule has 136 valence electrons. The Kier molecular flexibility index (Phi) is 4.54. The Morgan fingerprint density at radius 2 is 2.08 bits per heavy atom. The van der Waals surface area contributed by atoms with E-state index in [1.807, 2.05) is 6.92 Å². The average molecular weight is 378 g/mol. The van der Waals surface area contributed by atoms with E-state index in [4.69, 9.17) is 16.3 Å². The van der Waals surface area contributed by atoms with Crippen LogP contribution in [0, 0.1) is 0 Å². The number of halogens is 4. The highest BCUT2D eigenvalue weighted by Gasteiger charge is 2.41. The van der Waals surface area contributed by atoms with Gasteiger partial charge in [-0.2, -0.15) is 13.2 Å². The Morgan fingerprint density at radius 3 is 2.72 bits per heavy atom. The number of urea groups is 1. The third-order valence-electron chi connectivity index (χ3n) is 4.03. The fourth-order valence-corrected chi connectivity index (χ4v) is 3.16. The van der Waals surface area contributed by atoms with Gasteiger partial charge >= 0.3 is 12.2 Å². The number of rotatable bonds is 1. The maximum absolute atomic E-state index is 12.7. The Labute approximate surface area is 146 Å². The third-order valence-corrected chi connectivity index (χ3v) is 4.34. The number of amides is 3. The Bertz CT molecular complexity index is 713. The first-order valence-corrected chi connectivity index (χ1v) is 7.90. The van der Waals surface area contributed by atoms with Crippen LogP contribution in [0.1, 0.15) is 12.5 Å². The molecule has 3 rings (SSSR count). The van der Waals surface area contributed by atoms with Crippen molar-refractivity contribution in [3.05, 3.63) is 28.8 Å². The van der Waals surface area contributed by atoms with Crippen LogP contribution in [0.4, 0.5) is 23.7 Å². The molecular weight excluding hydrogens is 363 g/mol. The van der Waals surface area contributed by atoms with Crippen LogP contribution in [0.2, 0.25) is 5.02 Å². The van der Waals surface area contributed by atoms with Gasteiger partial charge in [0.15, 0.2) is 6.23 Å². The molecule has 3 amide bonds. The maximum Gasteiger partial charge on any atom is 0.417 e.